The molecule has 160 valence electrons. The molecule has 2 heterocycles. The third kappa shape index (κ3) is 4.12. The molecule has 1 amide bonds. The molecule has 0 aliphatic heterocycles. The number of hydrogen-bond donors (Lipinski definition) is 2. The lowest BCUT2D eigenvalue weighted by Crippen LogP contribution is -2.25. The molecule has 32 heavy (non-hydrogen) atoms. The van der Waals surface area contributed by atoms with Gasteiger partial charge in [0.05, 0.1) is 5.69 Å². The molecule has 10 heteroatoms. The summed E-state index contributed by atoms with van der Waals surface area (Å²) in [5, 5.41) is 17.7. The van der Waals surface area contributed by atoms with E-state index in [-0.39, 0.29) is 5.91 Å². The molecule has 5 rings (SSSR count). The van der Waals surface area contributed by atoms with Gasteiger partial charge in [-0.2, -0.15) is 0 Å². The molecule has 1 aliphatic rings. The molecule has 0 unspecified atom stereocenters. The summed E-state index contributed by atoms with van der Waals surface area (Å²) < 4.78 is 5.41. The molecule has 0 saturated heterocycles. The Bertz CT molecular complexity index is 1280. The van der Waals surface area contributed by atoms with Gasteiger partial charge in [0.1, 0.15) is 10.6 Å². The molecule has 1 fully saturated rings. The van der Waals surface area contributed by atoms with Crippen LogP contribution in [0, 0.1) is 11.8 Å². The average molecular weight is 446 g/mol. The van der Waals surface area contributed by atoms with Gasteiger partial charge in [-0.3, -0.25) is 4.79 Å². The highest BCUT2D eigenvalue weighted by Gasteiger charge is 2.24. The van der Waals surface area contributed by atoms with Crippen molar-refractivity contribution in [3.63, 3.8) is 0 Å². The minimum Gasteiger partial charge on any atom is -0.423 e. The number of hydrogen-bond acceptors (Lipinski definition) is 9. The summed E-state index contributed by atoms with van der Waals surface area (Å²) in [6.45, 7) is 1.96. The van der Waals surface area contributed by atoms with Crippen LogP contribution in [0.25, 0.3) is 22.0 Å². The predicted octanol–water partition coefficient (Wildman–Crippen LogP) is 5.20. The Kier molecular flexibility index (Phi) is 5.20. The Morgan fingerprint density at radius 1 is 1.19 bits per heavy atom. The Balaban J connectivity index is 1.49. The molecule has 0 bridgehead atoms. The summed E-state index contributed by atoms with van der Waals surface area (Å²) in [4.78, 5) is 28.6. The summed E-state index contributed by atoms with van der Waals surface area (Å²) in [5.41, 5.74) is 4.11. The fraction of sp³-hybridized carbons (Fsp3) is 0.182. The smallest absolute Gasteiger partial charge is 0.259 e. The summed E-state index contributed by atoms with van der Waals surface area (Å²) in [6.07, 6.45) is 3.33. The molecular weight excluding hydrogens is 428 g/mol. The van der Waals surface area contributed by atoms with Crippen molar-refractivity contribution in [2.75, 3.05) is 5.32 Å². The first kappa shape index (κ1) is 20.0. The lowest BCUT2D eigenvalue weighted by atomic mass is 10.1. The van der Waals surface area contributed by atoms with E-state index in [4.69, 9.17) is 9.40 Å². The van der Waals surface area contributed by atoms with Crippen LogP contribution in [0.5, 0.6) is 0 Å². The first-order valence-electron chi connectivity index (χ1n) is 10.0. The van der Waals surface area contributed by atoms with Crippen LogP contribution in [-0.4, -0.2) is 27.1 Å². The second kappa shape index (κ2) is 8.31. The van der Waals surface area contributed by atoms with Gasteiger partial charge in [0, 0.05) is 22.9 Å². The van der Waals surface area contributed by atoms with Crippen molar-refractivity contribution in [2.24, 2.45) is 5.18 Å². The fourth-order valence-corrected chi connectivity index (χ4v) is 4.10. The summed E-state index contributed by atoms with van der Waals surface area (Å²) in [5.74, 6) is 0.267. The number of thiazole rings is 1. The minimum atomic E-state index is -0.0780. The van der Waals surface area contributed by atoms with Crippen LogP contribution >= 0.6 is 11.3 Å². The first-order valence-corrected chi connectivity index (χ1v) is 10.8. The van der Waals surface area contributed by atoms with E-state index in [9.17, 15) is 9.70 Å². The zero-order chi connectivity index (χ0) is 22.1. The van der Waals surface area contributed by atoms with Gasteiger partial charge in [-0.1, -0.05) is 29.5 Å². The highest BCUT2D eigenvalue weighted by Crippen LogP contribution is 2.39. The lowest BCUT2D eigenvalue weighted by Gasteiger charge is -2.10. The zero-order valence-corrected chi connectivity index (χ0v) is 17.8. The SMILES string of the molecule is Cc1ccc(C(=O)NC2CC2)cc1Nc1nc(-c2ccc(N=O)cc2)c(-c2nnco2)s1. The number of aryl methyl sites for hydroxylation is 1. The largest absolute Gasteiger partial charge is 0.423 e. The third-order valence-corrected chi connectivity index (χ3v) is 6.04. The van der Waals surface area contributed by atoms with Crippen LogP contribution in [0.3, 0.4) is 0 Å². The maximum atomic E-state index is 12.5. The van der Waals surface area contributed by atoms with E-state index < -0.39 is 0 Å². The number of rotatable bonds is 7. The quantitative estimate of drug-likeness (QED) is 0.374. The Morgan fingerprint density at radius 3 is 2.69 bits per heavy atom. The van der Waals surface area contributed by atoms with Crippen molar-refractivity contribution in [2.45, 2.75) is 25.8 Å². The van der Waals surface area contributed by atoms with Gasteiger partial charge in [-0.05, 0) is 54.8 Å². The highest BCUT2D eigenvalue weighted by molar-refractivity contribution is 7.19. The van der Waals surface area contributed by atoms with Gasteiger partial charge in [0.25, 0.3) is 11.8 Å². The van der Waals surface area contributed by atoms with Crippen LogP contribution in [0.4, 0.5) is 16.5 Å². The summed E-state index contributed by atoms with van der Waals surface area (Å²) in [7, 11) is 0. The molecule has 1 aliphatic carbocycles. The van der Waals surface area contributed by atoms with Gasteiger partial charge in [-0.15, -0.1) is 15.1 Å². The van der Waals surface area contributed by atoms with Crippen molar-refractivity contribution in [3.8, 4) is 22.0 Å². The van der Waals surface area contributed by atoms with Crippen molar-refractivity contribution in [1.29, 1.82) is 0 Å². The van der Waals surface area contributed by atoms with Crippen LogP contribution in [-0.2, 0) is 0 Å². The number of nitrogens with zero attached hydrogens (tertiary/aromatic N) is 4. The molecule has 2 N–H and O–H groups in total. The van der Waals surface area contributed by atoms with Crippen molar-refractivity contribution >= 4 is 33.8 Å². The number of carbonyl (C=O) groups excluding carboxylic acids is 1. The second-order valence-electron chi connectivity index (χ2n) is 7.48. The van der Waals surface area contributed by atoms with E-state index in [0.717, 1.165) is 29.7 Å². The second-order valence-corrected chi connectivity index (χ2v) is 8.48. The van der Waals surface area contributed by atoms with Crippen LogP contribution in [0.2, 0.25) is 0 Å². The standard InChI is InChI=1S/C22H18N6O3S/c1-12-2-3-14(20(29)24-15-8-9-15)10-17(12)25-22-26-18(13-4-6-16(28-30)7-5-13)19(32-22)21-27-23-11-31-21/h2-7,10-11,15H,8-9H2,1H3,(H,24,29)(H,25,26). The van der Waals surface area contributed by atoms with Crippen LogP contribution in [0.1, 0.15) is 28.8 Å². The molecular formula is C22H18N6O3S. The number of nitrogens with one attached hydrogen (secondary N) is 2. The van der Waals surface area contributed by atoms with Crippen molar-refractivity contribution in [1.82, 2.24) is 20.5 Å². The molecule has 0 atom stereocenters. The number of carbonyl (C=O) groups is 1. The monoisotopic (exact) mass is 446 g/mol. The van der Waals surface area contributed by atoms with E-state index in [2.05, 4.69) is 26.0 Å². The van der Waals surface area contributed by atoms with Crippen LogP contribution < -0.4 is 10.6 Å². The highest BCUT2D eigenvalue weighted by atomic mass is 32.1. The topological polar surface area (TPSA) is 122 Å². The maximum absolute atomic E-state index is 12.5. The maximum Gasteiger partial charge on any atom is 0.259 e. The predicted molar refractivity (Wildman–Crippen MR) is 121 cm³/mol. The number of nitroso groups, excluding NO2 is 1. The molecule has 0 radical (unpaired) electrons. The first-order chi connectivity index (χ1) is 15.6. The summed E-state index contributed by atoms with van der Waals surface area (Å²) in [6, 6.07) is 12.6. The zero-order valence-electron chi connectivity index (χ0n) is 17.0. The van der Waals surface area contributed by atoms with Crippen LogP contribution in [0.15, 0.2) is 58.5 Å². The lowest BCUT2D eigenvalue weighted by molar-refractivity contribution is 0.0951. The van der Waals surface area contributed by atoms with Gasteiger partial charge in [0.15, 0.2) is 5.13 Å². The van der Waals surface area contributed by atoms with E-state index in [1.54, 1.807) is 24.3 Å². The number of anilines is 2. The number of amides is 1. The van der Waals surface area contributed by atoms with Gasteiger partial charge in [0.2, 0.25) is 6.39 Å². The fourth-order valence-electron chi connectivity index (χ4n) is 3.18. The Hall–Kier alpha value is -3.92. The minimum absolute atomic E-state index is 0.0780. The molecule has 2 aromatic carbocycles. The van der Waals surface area contributed by atoms with Crippen molar-refractivity contribution < 1.29 is 9.21 Å². The third-order valence-electron chi connectivity index (χ3n) is 5.08. The molecule has 1 saturated carbocycles. The van der Waals surface area contributed by atoms with Crippen molar-refractivity contribution in [3.05, 3.63) is 64.9 Å². The van der Waals surface area contributed by atoms with E-state index >= 15 is 0 Å². The molecule has 0 spiro atoms. The van der Waals surface area contributed by atoms with E-state index in [1.165, 1.54) is 17.7 Å². The molecule has 9 nitrogen and oxygen atoms in total. The summed E-state index contributed by atoms with van der Waals surface area (Å²) >= 11 is 1.36. The number of aromatic nitrogens is 3. The van der Waals surface area contributed by atoms with Gasteiger partial charge >= 0.3 is 0 Å². The van der Waals surface area contributed by atoms with Gasteiger partial charge < -0.3 is 15.1 Å². The normalized spacial score (nSPS) is 13.0. The molecule has 2 aromatic heterocycles. The van der Waals surface area contributed by atoms with E-state index in [0.29, 0.717) is 38.9 Å². The Morgan fingerprint density at radius 2 is 2.00 bits per heavy atom. The van der Waals surface area contributed by atoms with E-state index in [1.807, 2.05) is 25.1 Å². The van der Waals surface area contributed by atoms with Gasteiger partial charge in [-0.25, -0.2) is 4.98 Å². The molecule has 4 aromatic rings. The Labute approximate surface area is 186 Å². The number of benzene rings is 2. The average Bonchev–Trinajstić information content (AvgIpc) is 3.28.